The molecule has 110 valence electrons. The van der Waals surface area contributed by atoms with Crippen LogP contribution in [0.5, 0.6) is 0 Å². The van der Waals surface area contributed by atoms with Crippen LogP contribution in [0, 0.1) is 0 Å². The standard InChI is InChI=1S/C16H12ClN3OS/c17-11-5-4-8-13(9-11)19-15(21)14-16(22-10-18-14)20-12-6-2-1-3-7-12/h1-10,20H,(H,19,21). The van der Waals surface area contributed by atoms with E-state index in [1.165, 1.54) is 11.3 Å². The molecule has 0 fully saturated rings. The number of amides is 1. The molecule has 0 saturated heterocycles. The van der Waals surface area contributed by atoms with E-state index in [9.17, 15) is 4.79 Å². The molecule has 1 aromatic heterocycles. The average Bonchev–Trinajstić information content (AvgIpc) is 2.96. The number of rotatable bonds is 4. The normalized spacial score (nSPS) is 10.2. The molecule has 0 aliphatic heterocycles. The van der Waals surface area contributed by atoms with Gasteiger partial charge in [0.25, 0.3) is 5.91 Å². The van der Waals surface area contributed by atoms with Gasteiger partial charge in [-0.15, -0.1) is 11.3 Å². The lowest BCUT2D eigenvalue weighted by Gasteiger charge is -2.07. The SMILES string of the molecule is O=C(Nc1cccc(Cl)c1)c1ncsc1Nc1ccccc1. The highest BCUT2D eigenvalue weighted by Crippen LogP contribution is 2.26. The summed E-state index contributed by atoms with van der Waals surface area (Å²) >= 11 is 7.29. The third kappa shape index (κ3) is 3.44. The van der Waals surface area contributed by atoms with E-state index in [0.717, 1.165) is 5.69 Å². The summed E-state index contributed by atoms with van der Waals surface area (Å²) in [7, 11) is 0. The number of nitrogens with one attached hydrogen (secondary N) is 2. The lowest BCUT2D eigenvalue weighted by Crippen LogP contribution is -2.13. The molecule has 0 saturated carbocycles. The van der Waals surface area contributed by atoms with Gasteiger partial charge in [-0.3, -0.25) is 4.79 Å². The van der Waals surface area contributed by atoms with Crippen molar-refractivity contribution in [2.45, 2.75) is 0 Å². The molecule has 0 unspecified atom stereocenters. The molecular formula is C16H12ClN3OS. The molecule has 0 spiro atoms. The van der Waals surface area contributed by atoms with Crippen molar-refractivity contribution in [2.24, 2.45) is 0 Å². The second-order valence-corrected chi connectivity index (χ2v) is 5.78. The molecule has 3 rings (SSSR count). The van der Waals surface area contributed by atoms with E-state index in [1.54, 1.807) is 29.8 Å². The van der Waals surface area contributed by atoms with Crippen LogP contribution in [-0.4, -0.2) is 10.9 Å². The smallest absolute Gasteiger partial charge is 0.277 e. The Balaban J connectivity index is 1.78. The topological polar surface area (TPSA) is 54.0 Å². The van der Waals surface area contributed by atoms with Gasteiger partial charge in [0.1, 0.15) is 5.00 Å². The summed E-state index contributed by atoms with van der Waals surface area (Å²) in [6, 6.07) is 16.6. The Kier molecular flexibility index (Phi) is 4.37. The Labute approximate surface area is 136 Å². The molecule has 2 aromatic carbocycles. The zero-order valence-electron chi connectivity index (χ0n) is 11.4. The van der Waals surface area contributed by atoms with Crippen molar-refractivity contribution in [1.29, 1.82) is 0 Å². The Morgan fingerprint density at radius 2 is 1.82 bits per heavy atom. The van der Waals surface area contributed by atoms with E-state index in [-0.39, 0.29) is 5.91 Å². The monoisotopic (exact) mass is 329 g/mol. The van der Waals surface area contributed by atoms with Gasteiger partial charge in [0, 0.05) is 16.4 Å². The van der Waals surface area contributed by atoms with Crippen molar-refractivity contribution >= 4 is 45.2 Å². The first-order valence-corrected chi connectivity index (χ1v) is 7.80. The van der Waals surface area contributed by atoms with Gasteiger partial charge in [0.05, 0.1) is 5.51 Å². The largest absolute Gasteiger partial charge is 0.345 e. The van der Waals surface area contributed by atoms with Crippen LogP contribution in [-0.2, 0) is 0 Å². The van der Waals surface area contributed by atoms with E-state index in [4.69, 9.17) is 11.6 Å². The van der Waals surface area contributed by atoms with Gasteiger partial charge in [0.15, 0.2) is 5.69 Å². The van der Waals surface area contributed by atoms with Crippen LogP contribution < -0.4 is 10.6 Å². The summed E-state index contributed by atoms with van der Waals surface area (Å²) in [4.78, 5) is 16.5. The minimum Gasteiger partial charge on any atom is -0.345 e. The number of aromatic nitrogens is 1. The lowest BCUT2D eigenvalue weighted by molar-refractivity contribution is 0.102. The highest BCUT2D eigenvalue weighted by Gasteiger charge is 2.15. The molecule has 22 heavy (non-hydrogen) atoms. The third-order valence-electron chi connectivity index (χ3n) is 2.90. The number of anilines is 3. The summed E-state index contributed by atoms with van der Waals surface area (Å²) in [6.45, 7) is 0. The number of halogens is 1. The fraction of sp³-hybridized carbons (Fsp3) is 0. The predicted octanol–water partition coefficient (Wildman–Crippen LogP) is 4.79. The van der Waals surface area contributed by atoms with E-state index in [0.29, 0.717) is 21.4 Å². The molecule has 0 bridgehead atoms. The van der Waals surface area contributed by atoms with Gasteiger partial charge >= 0.3 is 0 Å². The van der Waals surface area contributed by atoms with E-state index in [2.05, 4.69) is 15.6 Å². The number of thiazole rings is 1. The minimum atomic E-state index is -0.276. The maximum Gasteiger partial charge on any atom is 0.277 e. The Bertz CT molecular complexity index is 789. The minimum absolute atomic E-state index is 0.276. The van der Waals surface area contributed by atoms with Crippen LogP contribution in [0.4, 0.5) is 16.4 Å². The maximum atomic E-state index is 12.3. The highest BCUT2D eigenvalue weighted by molar-refractivity contribution is 7.14. The van der Waals surface area contributed by atoms with E-state index in [1.807, 2.05) is 30.3 Å². The highest BCUT2D eigenvalue weighted by atomic mass is 35.5. The van der Waals surface area contributed by atoms with Crippen LogP contribution in [0.3, 0.4) is 0 Å². The number of benzene rings is 2. The number of para-hydroxylation sites is 1. The summed E-state index contributed by atoms with van der Waals surface area (Å²) in [5.74, 6) is -0.276. The number of hydrogen-bond acceptors (Lipinski definition) is 4. The Morgan fingerprint density at radius 1 is 1.05 bits per heavy atom. The molecule has 0 radical (unpaired) electrons. The summed E-state index contributed by atoms with van der Waals surface area (Å²) < 4.78 is 0. The van der Waals surface area contributed by atoms with Gasteiger partial charge < -0.3 is 10.6 Å². The number of nitrogens with zero attached hydrogens (tertiary/aromatic N) is 1. The molecule has 1 amide bonds. The van der Waals surface area contributed by atoms with Crippen LogP contribution in [0.15, 0.2) is 60.1 Å². The second kappa shape index (κ2) is 6.60. The average molecular weight is 330 g/mol. The Hall–Kier alpha value is -2.37. The fourth-order valence-corrected chi connectivity index (χ4v) is 2.79. The molecule has 3 aromatic rings. The predicted molar refractivity (Wildman–Crippen MR) is 91.2 cm³/mol. The van der Waals surface area contributed by atoms with Crippen molar-refractivity contribution in [3.05, 3.63) is 70.8 Å². The van der Waals surface area contributed by atoms with Gasteiger partial charge in [-0.2, -0.15) is 0 Å². The molecule has 4 nitrogen and oxygen atoms in total. The quantitative estimate of drug-likeness (QED) is 0.723. The molecule has 6 heteroatoms. The van der Waals surface area contributed by atoms with Gasteiger partial charge in [-0.25, -0.2) is 4.98 Å². The molecule has 2 N–H and O–H groups in total. The lowest BCUT2D eigenvalue weighted by atomic mass is 10.3. The molecule has 0 atom stereocenters. The first-order chi connectivity index (χ1) is 10.7. The first kappa shape index (κ1) is 14.6. The second-order valence-electron chi connectivity index (χ2n) is 4.49. The Morgan fingerprint density at radius 3 is 2.59 bits per heavy atom. The number of hydrogen-bond donors (Lipinski definition) is 2. The van der Waals surface area contributed by atoms with Gasteiger partial charge in [0.2, 0.25) is 0 Å². The third-order valence-corrected chi connectivity index (χ3v) is 3.87. The first-order valence-electron chi connectivity index (χ1n) is 6.55. The molecule has 0 aliphatic carbocycles. The molecule has 0 aliphatic rings. The van der Waals surface area contributed by atoms with E-state index < -0.39 is 0 Å². The zero-order valence-corrected chi connectivity index (χ0v) is 13.0. The van der Waals surface area contributed by atoms with Gasteiger partial charge in [-0.05, 0) is 30.3 Å². The zero-order chi connectivity index (χ0) is 15.4. The number of carbonyl (C=O) groups excluding carboxylic acids is 1. The van der Waals surface area contributed by atoms with Crippen LogP contribution in [0.25, 0.3) is 0 Å². The number of carbonyl (C=O) groups is 1. The van der Waals surface area contributed by atoms with Crippen molar-refractivity contribution in [2.75, 3.05) is 10.6 Å². The molecule has 1 heterocycles. The van der Waals surface area contributed by atoms with Crippen LogP contribution in [0.2, 0.25) is 5.02 Å². The van der Waals surface area contributed by atoms with E-state index >= 15 is 0 Å². The van der Waals surface area contributed by atoms with Crippen molar-refractivity contribution in [1.82, 2.24) is 4.98 Å². The summed E-state index contributed by atoms with van der Waals surface area (Å²) in [5, 5.41) is 7.26. The van der Waals surface area contributed by atoms with Crippen molar-refractivity contribution in [3.63, 3.8) is 0 Å². The van der Waals surface area contributed by atoms with Crippen LogP contribution in [0.1, 0.15) is 10.5 Å². The van der Waals surface area contributed by atoms with Crippen molar-refractivity contribution in [3.8, 4) is 0 Å². The molecular weight excluding hydrogens is 318 g/mol. The maximum absolute atomic E-state index is 12.3. The van der Waals surface area contributed by atoms with Crippen LogP contribution >= 0.6 is 22.9 Å². The summed E-state index contributed by atoms with van der Waals surface area (Å²) in [5.41, 5.74) is 3.53. The van der Waals surface area contributed by atoms with Crippen molar-refractivity contribution < 1.29 is 4.79 Å². The van der Waals surface area contributed by atoms with Gasteiger partial charge in [-0.1, -0.05) is 35.9 Å². The summed E-state index contributed by atoms with van der Waals surface area (Å²) in [6.07, 6.45) is 0. The fourth-order valence-electron chi connectivity index (χ4n) is 1.91.